The Balaban J connectivity index is 1.30. The second-order valence-corrected chi connectivity index (χ2v) is 11.4. The summed E-state index contributed by atoms with van der Waals surface area (Å²) in [6.07, 6.45) is 3.59. The van der Waals surface area contributed by atoms with Crippen LogP contribution in [0.3, 0.4) is 0 Å². The Bertz CT molecular complexity index is 2480. The first-order valence-electron chi connectivity index (χ1n) is 13.7. The molecule has 0 unspecified atom stereocenters. The normalized spacial score (nSPS) is 11.8. The fourth-order valence-electron chi connectivity index (χ4n) is 5.79. The van der Waals surface area contributed by atoms with Crippen LogP contribution in [0.1, 0.15) is 0 Å². The molecule has 0 bridgehead atoms. The Morgan fingerprint density at radius 3 is 2.10 bits per heavy atom. The van der Waals surface area contributed by atoms with Crippen LogP contribution in [0.2, 0.25) is 0 Å². The minimum Gasteiger partial charge on any atom is -0.454 e. The van der Waals surface area contributed by atoms with E-state index in [0.29, 0.717) is 23.1 Å². The van der Waals surface area contributed by atoms with Gasteiger partial charge in [0.05, 0.1) is 6.20 Å². The third-order valence-corrected chi connectivity index (χ3v) is 8.93. The molecule has 0 aliphatic carbocycles. The molecule has 4 heterocycles. The molecular formula is C36H20N4OS. The predicted molar refractivity (Wildman–Crippen MR) is 172 cm³/mol. The highest BCUT2D eigenvalue weighted by Crippen LogP contribution is 2.39. The molecule has 6 heteroatoms. The Kier molecular flexibility index (Phi) is 5.00. The molecule has 0 fully saturated rings. The monoisotopic (exact) mass is 556 g/mol. The van der Waals surface area contributed by atoms with Crippen molar-refractivity contribution in [3.8, 4) is 34.2 Å². The third kappa shape index (κ3) is 3.62. The van der Waals surface area contributed by atoms with Gasteiger partial charge in [-0.3, -0.25) is 4.98 Å². The molecule has 0 saturated heterocycles. The van der Waals surface area contributed by atoms with E-state index in [2.05, 4.69) is 77.8 Å². The maximum Gasteiger partial charge on any atom is 0.166 e. The summed E-state index contributed by atoms with van der Waals surface area (Å²) in [5.74, 6) is 1.79. The zero-order valence-corrected chi connectivity index (χ0v) is 23.0. The Labute approximate surface area is 243 Å². The summed E-state index contributed by atoms with van der Waals surface area (Å²) in [5.41, 5.74) is 4.19. The van der Waals surface area contributed by atoms with E-state index in [4.69, 9.17) is 19.4 Å². The lowest BCUT2D eigenvalue weighted by Crippen LogP contribution is -2.00. The van der Waals surface area contributed by atoms with Crippen LogP contribution >= 0.6 is 11.3 Å². The smallest absolute Gasteiger partial charge is 0.166 e. The number of pyridine rings is 1. The molecular weight excluding hydrogens is 536 g/mol. The average molecular weight is 557 g/mol. The fraction of sp³-hybridized carbons (Fsp3) is 0. The zero-order chi connectivity index (χ0) is 27.6. The van der Waals surface area contributed by atoms with Crippen molar-refractivity contribution < 1.29 is 4.42 Å². The summed E-state index contributed by atoms with van der Waals surface area (Å²) in [5, 5.41) is 6.74. The maximum absolute atomic E-state index is 6.30. The summed E-state index contributed by atoms with van der Waals surface area (Å²) in [6.45, 7) is 0. The van der Waals surface area contributed by atoms with E-state index in [1.54, 1.807) is 17.5 Å². The maximum atomic E-state index is 6.30. The Morgan fingerprint density at radius 1 is 0.500 bits per heavy atom. The molecule has 196 valence electrons. The van der Waals surface area contributed by atoms with Gasteiger partial charge in [-0.1, -0.05) is 84.9 Å². The molecule has 9 aromatic rings. The molecule has 0 N–H and O–H groups in total. The Hall–Kier alpha value is -5.46. The van der Waals surface area contributed by atoms with Crippen molar-refractivity contribution in [3.63, 3.8) is 0 Å². The summed E-state index contributed by atoms with van der Waals surface area (Å²) >= 11 is 1.78. The van der Waals surface area contributed by atoms with Gasteiger partial charge in [-0.2, -0.15) is 0 Å². The average Bonchev–Trinajstić information content (AvgIpc) is 3.61. The molecule has 0 radical (unpaired) electrons. The van der Waals surface area contributed by atoms with Crippen molar-refractivity contribution in [1.82, 2.24) is 19.9 Å². The number of nitrogens with zero attached hydrogens (tertiary/aromatic N) is 4. The van der Waals surface area contributed by atoms with Crippen LogP contribution in [0.25, 0.3) is 87.0 Å². The summed E-state index contributed by atoms with van der Waals surface area (Å²) in [7, 11) is 0. The molecule has 9 rings (SSSR count). The first-order chi connectivity index (χ1) is 20.8. The molecule has 0 spiro atoms. The first-order valence-corrected chi connectivity index (χ1v) is 14.5. The van der Waals surface area contributed by atoms with Crippen molar-refractivity contribution in [2.24, 2.45) is 0 Å². The molecule has 4 aromatic heterocycles. The van der Waals surface area contributed by atoms with Gasteiger partial charge < -0.3 is 4.42 Å². The first kappa shape index (κ1) is 23.3. The second kappa shape index (κ2) is 9.03. The number of rotatable bonds is 3. The molecule has 0 saturated carbocycles. The van der Waals surface area contributed by atoms with E-state index in [9.17, 15) is 0 Å². The van der Waals surface area contributed by atoms with Gasteiger partial charge in [0.15, 0.2) is 23.1 Å². The number of furan rings is 1. The lowest BCUT2D eigenvalue weighted by Gasteiger charge is -2.09. The van der Waals surface area contributed by atoms with Gasteiger partial charge in [0.2, 0.25) is 0 Å². The van der Waals surface area contributed by atoms with E-state index < -0.39 is 0 Å². The van der Waals surface area contributed by atoms with E-state index >= 15 is 0 Å². The van der Waals surface area contributed by atoms with Crippen LogP contribution in [0.5, 0.6) is 0 Å². The molecule has 0 aliphatic heterocycles. The number of hydrogen-bond acceptors (Lipinski definition) is 6. The van der Waals surface area contributed by atoms with E-state index in [0.717, 1.165) is 43.8 Å². The molecule has 0 atom stereocenters. The van der Waals surface area contributed by atoms with Crippen LogP contribution in [-0.2, 0) is 0 Å². The summed E-state index contributed by atoms with van der Waals surface area (Å²) in [4.78, 5) is 19.6. The van der Waals surface area contributed by atoms with Gasteiger partial charge in [-0.15, -0.1) is 11.3 Å². The SMILES string of the molecule is c1ccc(-c2nc(-c3ccc4c(c3)sc3ccccc34)nc(-c3cncc4oc5cc6ccccc6cc5c34)n2)cc1. The fourth-order valence-corrected chi connectivity index (χ4v) is 6.94. The van der Waals surface area contributed by atoms with E-state index in [1.165, 1.54) is 20.2 Å². The predicted octanol–water partition coefficient (Wildman–Crippen LogP) is 9.69. The lowest BCUT2D eigenvalue weighted by molar-refractivity contribution is 0.667. The van der Waals surface area contributed by atoms with Crippen molar-refractivity contribution >= 4 is 64.2 Å². The molecule has 0 aliphatic rings. The lowest BCUT2D eigenvalue weighted by atomic mass is 10.0. The molecule has 42 heavy (non-hydrogen) atoms. The van der Waals surface area contributed by atoms with Crippen molar-refractivity contribution in [3.05, 3.63) is 122 Å². The number of hydrogen-bond donors (Lipinski definition) is 0. The highest BCUT2D eigenvalue weighted by atomic mass is 32.1. The van der Waals surface area contributed by atoms with Crippen LogP contribution in [0.15, 0.2) is 126 Å². The minimum absolute atomic E-state index is 0.559. The number of fused-ring (bicyclic) bond motifs is 7. The highest BCUT2D eigenvalue weighted by Gasteiger charge is 2.19. The van der Waals surface area contributed by atoms with Gasteiger partial charge in [0, 0.05) is 53.8 Å². The number of aromatic nitrogens is 4. The van der Waals surface area contributed by atoms with E-state index in [1.807, 2.05) is 42.6 Å². The van der Waals surface area contributed by atoms with E-state index in [-0.39, 0.29) is 0 Å². The number of thiophene rings is 1. The standard InChI is InChI=1S/C36H20N4OS/c1-2-8-21(9-3-1)34-38-35(24-14-15-26-25-12-6-7-13-31(25)42-32(26)18-24)40-36(39-34)28-19-37-20-30-33(28)27-16-22-10-4-5-11-23(22)17-29(27)41-30/h1-20H. The zero-order valence-electron chi connectivity index (χ0n) is 22.2. The molecule has 5 nitrogen and oxygen atoms in total. The summed E-state index contributed by atoms with van der Waals surface area (Å²) in [6, 6.07) is 37.6. The number of benzene rings is 5. The van der Waals surface area contributed by atoms with Crippen molar-refractivity contribution in [2.45, 2.75) is 0 Å². The van der Waals surface area contributed by atoms with Crippen molar-refractivity contribution in [1.29, 1.82) is 0 Å². The minimum atomic E-state index is 0.559. The largest absolute Gasteiger partial charge is 0.454 e. The topological polar surface area (TPSA) is 64.7 Å². The van der Waals surface area contributed by atoms with Crippen molar-refractivity contribution in [2.75, 3.05) is 0 Å². The van der Waals surface area contributed by atoms with Crippen LogP contribution < -0.4 is 0 Å². The molecule has 5 aromatic carbocycles. The Morgan fingerprint density at radius 2 is 1.21 bits per heavy atom. The summed E-state index contributed by atoms with van der Waals surface area (Å²) < 4.78 is 8.77. The van der Waals surface area contributed by atoms with Gasteiger partial charge in [-0.05, 0) is 35.0 Å². The highest BCUT2D eigenvalue weighted by molar-refractivity contribution is 7.25. The van der Waals surface area contributed by atoms with Gasteiger partial charge in [-0.25, -0.2) is 15.0 Å². The van der Waals surface area contributed by atoms with Gasteiger partial charge in [0.25, 0.3) is 0 Å². The second-order valence-electron chi connectivity index (χ2n) is 10.3. The van der Waals surface area contributed by atoms with Crippen LogP contribution in [0.4, 0.5) is 0 Å². The third-order valence-electron chi connectivity index (χ3n) is 7.79. The van der Waals surface area contributed by atoms with Crippen LogP contribution in [0, 0.1) is 0 Å². The van der Waals surface area contributed by atoms with Crippen LogP contribution in [-0.4, -0.2) is 19.9 Å². The van der Waals surface area contributed by atoms with Gasteiger partial charge >= 0.3 is 0 Å². The van der Waals surface area contributed by atoms with Gasteiger partial charge in [0.1, 0.15) is 5.58 Å². The molecule has 0 amide bonds. The quantitative estimate of drug-likeness (QED) is 0.217.